The van der Waals surface area contributed by atoms with Crippen LogP contribution in [0.3, 0.4) is 0 Å². The van der Waals surface area contributed by atoms with Crippen molar-refractivity contribution in [3.8, 4) is 5.75 Å². The summed E-state index contributed by atoms with van der Waals surface area (Å²) in [6, 6.07) is 8.56. The Morgan fingerprint density at radius 1 is 1.30 bits per heavy atom. The maximum Gasteiger partial charge on any atom is 0.124 e. The Morgan fingerprint density at radius 3 is 2.87 bits per heavy atom. The summed E-state index contributed by atoms with van der Waals surface area (Å²) in [5.41, 5.74) is 1.25. The number of ether oxygens (including phenoxy) is 2. The zero-order chi connectivity index (χ0) is 15.7. The number of hydrogen-bond donors (Lipinski definition) is 2. The van der Waals surface area contributed by atoms with Gasteiger partial charge in [0.05, 0.1) is 12.7 Å². The van der Waals surface area contributed by atoms with E-state index in [9.17, 15) is 5.11 Å². The van der Waals surface area contributed by atoms with E-state index in [-0.39, 0.29) is 11.6 Å². The molecule has 0 saturated heterocycles. The van der Waals surface area contributed by atoms with Crippen LogP contribution in [0.15, 0.2) is 24.3 Å². The lowest BCUT2D eigenvalue weighted by Gasteiger charge is -2.48. The molecule has 1 aliphatic heterocycles. The fourth-order valence-electron chi connectivity index (χ4n) is 3.67. The van der Waals surface area contributed by atoms with Crippen molar-refractivity contribution in [1.29, 1.82) is 0 Å². The molecule has 2 aliphatic carbocycles. The first kappa shape index (κ1) is 15.4. The van der Waals surface area contributed by atoms with Gasteiger partial charge in [-0.25, -0.2) is 0 Å². The maximum absolute atomic E-state index is 10.1. The first-order valence-corrected chi connectivity index (χ1v) is 9.01. The van der Waals surface area contributed by atoms with E-state index in [4.69, 9.17) is 9.47 Å². The van der Waals surface area contributed by atoms with Crippen molar-refractivity contribution in [1.82, 2.24) is 5.32 Å². The summed E-state index contributed by atoms with van der Waals surface area (Å²) in [6.07, 6.45) is 6.68. The summed E-state index contributed by atoms with van der Waals surface area (Å²) in [4.78, 5) is 0. The quantitative estimate of drug-likeness (QED) is 0.812. The van der Waals surface area contributed by atoms with E-state index in [1.54, 1.807) is 0 Å². The highest BCUT2D eigenvalue weighted by Crippen LogP contribution is 2.48. The van der Waals surface area contributed by atoms with Crippen LogP contribution in [0.4, 0.5) is 0 Å². The van der Waals surface area contributed by atoms with Gasteiger partial charge in [-0.2, -0.15) is 0 Å². The van der Waals surface area contributed by atoms with Crippen LogP contribution < -0.4 is 10.1 Å². The fraction of sp³-hybridized carbons (Fsp3) is 0.684. The molecule has 2 N–H and O–H groups in total. The molecule has 2 atom stereocenters. The summed E-state index contributed by atoms with van der Waals surface area (Å²) in [5.74, 6) is 1.76. The first-order valence-electron chi connectivity index (χ1n) is 9.01. The molecule has 1 spiro atoms. The molecule has 0 amide bonds. The van der Waals surface area contributed by atoms with Crippen molar-refractivity contribution in [3.05, 3.63) is 29.8 Å². The average molecular weight is 317 g/mol. The van der Waals surface area contributed by atoms with Gasteiger partial charge in [0.1, 0.15) is 11.4 Å². The molecule has 0 radical (unpaired) electrons. The summed E-state index contributed by atoms with van der Waals surface area (Å²) in [6.45, 7) is 1.81. The zero-order valence-electron chi connectivity index (χ0n) is 13.7. The second kappa shape index (κ2) is 6.42. The maximum atomic E-state index is 10.1. The lowest BCUT2D eigenvalue weighted by atomic mass is 9.73. The molecule has 0 unspecified atom stereocenters. The molecule has 1 heterocycles. The van der Waals surface area contributed by atoms with Crippen molar-refractivity contribution >= 4 is 0 Å². The second-order valence-electron chi connectivity index (χ2n) is 7.48. The number of nitrogens with one attached hydrogen (secondary N) is 1. The van der Waals surface area contributed by atoms with E-state index in [1.165, 1.54) is 24.8 Å². The molecule has 4 nitrogen and oxygen atoms in total. The van der Waals surface area contributed by atoms with Crippen LogP contribution in [0.5, 0.6) is 5.75 Å². The number of aliphatic hydroxyl groups excluding tert-OH is 1. The van der Waals surface area contributed by atoms with E-state index in [1.807, 2.05) is 6.07 Å². The van der Waals surface area contributed by atoms with Crippen LogP contribution in [-0.4, -0.2) is 36.6 Å². The number of hydrogen-bond acceptors (Lipinski definition) is 4. The van der Waals surface area contributed by atoms with E-state index in [0.29, 0.717) is 13.2 Å². The van der Waals surface area contributed by atoms with Gasteiger partial charge >= 0.3 is 0 Å². The minimum Gasteiger partial charge on any atom is -0.487 e. The van der Waals surface area contributed by atoms with Crippen molar-refractivity contribution in [3.63, 3.8) is 0 Å². The highest BCUT2D eigenvalue weighted by atomic mass is 16.5. The lowest BCUT2D eigenvalue weighted by molar-refractivity contribution is -0.0391. The van der Waals surface area contributed by atoms with E-state index >= 15 is 0 Å². The number of fused-ring (bicyclic) bond motifs is 1. The van der Waals surface area contributed by atoms with Crippen LogP contribution in [0.2, 0.25) is 0 Å². The predicted molar refractivity (Wildman–Crippen MR) is 88.6 cm³/mol. The molecule has 23 heavy (non-hydrogen) atoms. The molecule has 3 aliphatic rings. The smallest absolute Gasteiger partial charge is 0.124 e. The Labute approximate surface area is 138 Å². The van der Waals surface area contributed by atoms with E-state index < -0.39 is 6.10 Å². The number of rotatable bonds is 7. The molecular weight excluding hydrogens is 290 g/mol. The Hall–Kier alpha value is -1.10. The van der Waals surface area contributed by atoms with Gasteiger partial charge in [-0.3, -0.25) is 0 Å². The van der Waals surface area contributed by atoms with Crippen LogP contribution in [0.1, 0.15) is 50.1 Å². The third-order valence-electron chi connectivity index (χ3n) is 5.42. The fourth-order valence-corrected chi connectivity index (χ4v) is 3.67. The molecule has 4 rings (SSSR count). The van der Waals surface area contributed by atoms with Crippen LogP contribution in [0, 0.1) is 5.92 Å². The zero-order valence-corrected chi connectivity index (χ0v) is 13.7. The normalized spacial score (nSPS) is 26.2. The molecule has 2 fully saturated rings. The molecule has 1 aromatic carbocycles. The molecule has 1 aromatic rings. The van der Waals surface area contributed by atoms with E-state index in [0.717, 1.165) is 37.5 Å². The van der Waals surface area contributed by atoms with Crippen molar-refractivity contribution in [2.75, 3.05) is 19.8 Å². The van der Waals surface area contributed by atoms with Gasteiger partial charge in [-0.05, 0) is 44.1 Å². The van der Waals surface area contributed by atoms with Gasteiger partial charge in [0.2, 0.25) is 0 Å². The molecule has 4 heteroatoms. The number of aliphatic hydroxyl groups is 1. The van der Waals surface area contributed by atoms with Gasteiger partial charge in [0.25, 0.3) is 0 Å². The van der Waals surface area contributed by atoms with E-state index in [2.05, 4.69) is 23.5 Å². The van der Waals surface area contributed by atoms with Gasteiger partial charge in [0, 0.05) is 31.2 Å². The van der Waals surface area contributed by atoms with Gasteiger partial charge in [-0.15, -0.1) is 0 Å². The summed E-state index contributed by atoms with van der Waals surface area (Å²) < 4.78 is 11.9. The minimum atomic E-state index is -0.443. The minimum absolute atomic E-state index is 0.0272. The third kappa shape index (κ3) is 3.54. The van der Waals surface area contributed by atoms with Gasteiger partial charge in [0.15, 0.2) is 0 Å². The van der Waals surface area contributed by atoms with Crippen LogP contribution >= 0.6 is 0 Å². The average Bonchev–Trinajstić information content (AvgIpc) is 3.35. The van der Waals surface area contributed by atoms with Crippen LogP contribution in [0.25, 0.3) is 0 Å². The van der Waals surface area contributed by atoms with Gasteiger partial charge in [-0.1, -0.05) is 18.2 Å². The molecule has 0 bridgehead atoms. The summed E-state index contributed by atoms with van der Waals surface area (Å²) >= 11 is 0. The lowest BCUT2D eigenvalue weighted by Crippen LogP contribution is -2.49. The Kier molecular flexibility index (Phi) is 4.31. The largest absolute Gasteiger partial charge is 0.487 e. The number of para-hydroxylation sites is 1. The van der Waals surface area contributed by atoms with Crippen molar-refractivity contribution < 1.29 is 14.6 Å². The predicted octanol–water partition coefficient (Wildman–Crippen LogP) is 2.81. The summed E-state index contributed by atoms with van der Waals surface area (Å²) in [7, 11) is 0. The Bertz CT molecular complexity index is 539. The standard InChI is InChI=1S/C19H27NO3/c21-15(13-22-12-14-6-7-14)11-20-17-10-19(8-3-9-19)23-18-5-2-1-4-16(17)18/h1-2,4-5,14-15,17,20-21H,3,6-13H2/t15-,17+/m1/s1. The molecule has 0 aromatic heterocycles. The molecule has 126 valence electrons. The van der Waals surface area contributed by atoms with Crippen molar-refractivity contribution in [2.45, 2.75) is 56.3 Å². The van der Waals surface area contributed by atoms with Crippen LogP contribution in [-0.2, 0) is 4.74 Å². The highest BCUT2D eigenvalue weighted by molar-refractivity contribution is 5.39. The first-order chi connectivity index (χ1) is 11.2. The second-order valence-corrected chi connectivity index (χ2v) is 7.48. The third-order valence-corrected chi connectivity index (χ3v) is 5.42. The highest BCUT2D eigenvalue weighted by Gasteiger charge is 2.45. The Morgan fingerprint density at radius 2 is 2.13 bits per heavy atom. The summed E-state index contributed by atoms with van der Waals surface area (Å²) in [5, 5.41) is 13.7. The monoisotopic (exact) mass is 317 g/mol. The van der Waals surface area contributed by atoms with Gasteiger partial charge < -0.3 is 19.9 Å². The van der Waals surface area contributed by atoms with Crippen molar-refractivity contribution in [2.24, 2.45) is 5.92 Å². The number of benzene rings is 1. The molecular formula is C19H27NO3. The molecule has 2 saturated carbocycles. The topological polar surface area (TPSA) is 50.7 Å². The SMILES string of the molecule is O[C@H](CN[C@H]1CC2(CCC2)Oc2ccccc21)COCC1CC1. The Balaban J connectivity index is 1.33.